The summed E-state index contributed by atoms with van der Waals surface area (Å²) in [5.74, 6) is -2.74. The van der Waals surface area contributed by atoms with Crippen LogP contribution in [0.1, 0.15) is 45.3 Å². The van der Waals surface area contributed by atoms with Gasteiger partial charge in [0.15, 0.2) is 11.9 Å². The van der Waals surface area contributed by atoms with Crippen LogP contribution in [-0.2, 0) is 28.6 Å². The molecule has 3 aliphatic rings. The van der Waals surface area contributed by atoms with Gasteiger partial charge < -0.3 is 28.8 Å². The maximum absolute atomic E-state index is 14.0. The van der Waals surface area contributed by atoms with Gasteiger partial charge in [-0.05, 0) is 63.3 Å². The summed E-state index contributed by atoms with van der Waals surface area (Å²) in [4.78, 5) is 38.3. The molecule has 1 saturated carbocycles. The highest BCUT2D eigenvalue weighted by Crippen LogP contribution is 2.66. The first kappa shape index (κ1) is 24.4. The van der Waals surface area contributed by atoms with Crippen LogP contribution in [0.3, 0.4) is 0 Å². The van der Waals surface area contributed by atoms with Crippen molar-refractivity contribution in [2.75, 3.05) is 13.7 Å². The lowest BCUT2D eigenvalue weighted by Gasteiger charge is -2.49. The summed E-state index contributed by atoms with van der Waals surface area (Å²) in [6, 6.07) is 1.62. The summed E-state index contributed by atoms with van der Waals surface area (Å²) in [7, 11) is 1.23. The maximum atomic E-state index is 14.0. The van der Waals surface area contributed by atoms with Crippen molar-refractivity contribution in [3.8, 4) is 0 Å². The lowest BCUT2D eigenvalue weighted by molar-refractivity contribution is -0.150. The van der Waals surface area contributed by atoms with Crippen molar-refractivity contribution in [2.24, 2.45) is 17.3 Å². The van der Waals surface area contributed by atoms with Crippen LogP contribution in [-0.4, -0.2) is 59.0 Å². The van der Waals surface area contributed by atoms with Gasteiger partial charge in [0.2, 0.25) is 0 Å². The lowest BCUT2D eigenvalue weighted by atomic mass is 9.52. The molecule has 0 radical (unpaired) electrons. The van der Waals surface area contributed by atoms with Gasteiger partial charge in [-0.2, -0.15) is 0 Å². The highest BCUT2D eigenvalue weighted by molar-refractivity contribution is 5.99. The van der Waals surface area contributed by atoms with E-state index in [1.807, 2.05) is 0 Å². The predicted molar refractivity (Wildman–Crippen MR) is 117 cm³/mol. The number of cyclic esters (lactones) is 1. The van der Waals surface area contributed by atoms with Crippen LogP contribution in [0.15, 0.2) is 46.8 Å². The highest BCUT2D eigenvalue weighted by Gasteiger charge is 2.79. The van der Waals surface area contributed by atoms with Gasteiger partial charge in [-0.1, -0.05) is 0 Å². The Morgan fingerprint density at radius 1 is 1.26 bits per heavy atom. The molecule has 2 fully saturated rings. The van der Waals surface area contributed by atoms with E-state index in [0.717, 1.165) is 0 Å². The van der Waals surface area contributed by atoms with Crippen LogP contribution in [0.25, 0.3) is 0 Å². The number of methoxy groups -OCH3 is 1. The molecular weight excluding hydrogens is 444 g/mol. The van der Waals surface area contributed by atoms with E-state index in [1.165, 1.54) is 37.9 Å². The third-order valence-electron chi connectivity index (χ3n) is 7.80. The summed E-state index contributed by atoms with van der Waals surface area (Å²) < 4.78 is 21.5. The number of aliphatic hydroxyl groups is 2. The number of hydrogen-bond acceptors (Lipinski definition) is 9. The SMILES string of the molecule is COC(=O)[C@H]1O[C@@]12[C@H]([C@H](O)c1ccoc1)CCC(CO)[C@@]2(C)C(=O)/C=C1\C=CC(=O)OC1(C)C. The molecule has 1 unspecified atom stereocenters. The molecule has 184 valence electrons. The molecule has 1 aromatic heterocycles. The van der Waals surface area contributed by atoms with Gasteiger partial charge in [0, 0.05) is 24.2 Å². The first-order valence-electron chi connectivity index (χ1n) is 11.3. The molecule has 34 heavy (non-hydrogen) atoms. The second-order valence-electron chi connectivity index (χ2n) is 9.81. The van der Waals surface area contributed by atoms with E-state index in [-0.39, 0.29) is 6.61 Å². The largest absolute Gasteiger partial charge is 0.472 e. The highest BCUT2D eigenvalue weighted by atomic mass is 16.7. The average molecular weight is 475 g/mol. The van der Waals surface area contributed by atoms with Crippen LogP contribution < -0.4 is 0 Å². The summed E-state index contributed by atoms with van der Waals surface area (Å²) >= 11 is 0. The zero-order chi connectivity index (χ0) is 24.9. The van der Waals surface area contributed by atoms with Crippen LogP contribution in [0.5, 0.6) is 0 Å². The van der Waals surface area contributed by atoms with Crippen LogP contribution in [0.2, 0.25) is 0 Å². The van der Waals surface area contributed by atoms with Crippen LogP contribution in [0.4, 0.5) is 0 Å². The summed E-state index contributed by atoms with van der Waals surface area (Å²) in [5, 5.41) is 21.5. The van der Waals surface area contributed by atoms with E-state index in [9.17, 15) is 24.6 Å². The van der Waals surface area contributed by atoms with Crippen LogP contribution >= 0.6 is 0 Å². The minimum absolute atomic E-state index is 0.312. The van der Waals surface area contributed by atoms with Crippen molar-refractivity contribution >= 4 is 17.7 Å². The number of aliphatic hydroxyl groups excluding tert-OH is 2. The Balaban J connectivity index is 1.82. The topological polar surface area (TPSA) is 136 Å². The van der Waals surface area contributed by atoms with Crippen molar-refractivity contribution in [1.29, 1.82) is 0 Å². The second-order valence-corrected chi connectivity index (χ2v) is 9.81. The fraction of sp³-hybridized carbons (Fsp3) is 0.560. The van der Waals surface area contributed by atoms with Crippen molar-refractivity contribution < 1.29 is 43.2 Å². The number of carbonyl (C=O) groups is 3. The molecule has 1 saturated heterocycles. The second kappa shape index (κ2) is 8.48. The molecule has 1 aliphatic carbocycles. The molecule has 1 spiro atoms. The number of ketones is 1. The quantitative estimate of drug-likeness (QED) is 0.361. The Hall–Kier alpha value is -2.75. The van der Waals surface area contributed by atoms with E-state index in [0.29, 0.717) is 24.0 Å². The maximum Gasteiger partial charge on any atom is 0.338 e. The first-order valence-corrected chi connectivity index (χ1v) is 11.3. The van der Waals surface area contributed by atoms with E-state index >= 15 is 0 Å². The zero-order valence-electron chi connectivity index (χ0n) is 19.6. The third kappa shape index (κ3) is 3.54. The fourth-order valence-corrected chi connectivity index (χ4v) is 5.71. The Morgan fingerprint density at radius 2 is 2.00 bits per heavy atom. The monoisotopic (exact) mass is 474 g/mol. The number of epoxide rings is 1. The first-order chi connectivity index (χ1) is 16.0. The normalized spacial score (nSPS) is 36.2. The lowest BCUT2D eigenvalue weighted by Crippen LogP contribution is -2.59. The Kier molecular flexibility index (Phi) is 6.08. The van der Waals surface area contributed by atoms with E-state index in [1.54, 1.807) is 26.8 Å². The summed E-state index contributed by atoms with van der Waals surface area (Å²) in [6.07, 6.45) is 5.68. The van der Waals surface area contributed by atoms with Crippen molar-refractivity contribution in [3.63, 3.8) is 0 Å². The molecule has 9 heteroatoms. The number of esters is 2. The fourth-order valence-electron chi connectivity index (χ4n) is 5.71. The Labute approximate surface area is 197 Å². The zero-order valence-corrected chi connectivity index (χ0v) is 19.6. The number of rotatable bonds is 6. The molecule has 2 aliphatic heterocycles. The minimum atomic E-state index is -1.41. The Morgan fingerprint density at radius 3 is 2.59 bits per heavy atom. The van der Waals surface area contributed by atoms with Crippen molar-refractivity contribution in [2.45, 2.75) is 57.0 Å². The average Bonchev–Trinajstić information content (AvgIpc) is 3.28. The molecule has 0 aromatic carbocycles. The smallest absolute Gasteiger partial charge is 0.338 e. The summed E-state index contributed by atoms with van der Waals surface area (Å²) in [5.41, 5.74) is -2.86. The van der Waals surface area contributed by atoms with Gasteiger partial charge in [0.1, 0.15) is 11.2 Å². The number of allylic oxidation sites excluding steroid dienone is 1. The molecule has 4 rings (SSSR count). The van der Waals surface area contributed by atoms with E-state index in [2.05, 4.69) is 0 Å². The number of carbonyl (C=O) groups excluding carboxylic acids is 3. The predicted octanol–water partition coefficient (Wildman–Crippen LogP) is 2.04. The standard InChI is InChI=1S/C25H30O9/c1-23(2)15(6-8-19(28)33-23)11-18(27)24(3)16(12-26)5-7-17(20(29)14-9-10-32-13-14)25(24)21(34-25)22(30)31-4/h6,8-11,13,16-17,20-21,26,29H,5,7,12H2,1-4H3/b15-11+/t16?,17-,20+,21+,24-,25-/m0/s1. The molecule has 1 aromatic rings. The third-order valence-corrected chi connectivity index (χ3v) is 7.80. The van der Waals surface area contributed by atoms with E-state index < -0.39 is 58.4 Å². The molecule has 0 bridgehead atoms. The van der Waals surface area contributed by atoms with Gasteiger partial charge in [-0.25, -0.2) is 9.59 Å². The molecule has 9 nitrogen and oxygen atoms in total. The van der Waals surface area contributed by atoms with E-state index in [4.69, 9.17) is 18.6 Å². The molecule has 2 N–H and O–H groups in total. The number of ether oxygens (including phenoxy) is 3. The van der Waals surface area contributed by atoms with Gasteiger partial charge in [-0.15, -0.1) is 0 Å². The van der Waals surface area contributed by atoms with Crippen molar-refractivity contribution in [3.05, 3.63) is 48.0 Å². The van der Waals surface area contributed by atoms with Gasteiger partial charge >= 0.3 is 11.9 Å². The number of hydrogen-bond donors (Lipinski definition) is 2. The summed E-state index contributed by atoms with van der Waals surface area (Å²) in [6.45, 7) is 4.70. The van der Waals surface area contributed by atoms with Gasteiger partial charge in [0.05, 0.1) is 31.2 Å². The number of furan rings is 1. The van der Waals surface area contributed by atoms with Gasteiger partial charge in [-0.3, -0.25) is 4.79 Å². The molecule has 6 atom stereocenters. The minimum Gasteiger partial charge on any atom is -0.472 e. The molecule has 0 amide bonds. The van der Waals surface area contributed by atoms with Crippen molar-refractivity contribution in [1.82, 2.24) is 0 Å². The van der Waals surface area contributed by atoms with Crippen LogP contribution in [0, 0.1) is 17.3 Å². The molecular formula is C25H30O9. The Bertz CT molecular complexity index is 1040. The molecule has 3 heterocycles. The van der Waals surface area contributed by atoms with Gasteiger partial charge in [0.25, 0.3) is 0 Å².